The van der Waals surface area contributed by atoms with Crippen molar-refractivity contribution in [3.05, 3.63) is 81.8 Å². The molecule has 28 heavy (non-hydrogen) atoms. The Bertz CT molecular complexity index is 970. The predicted octanol–water partition coefficient (Wildman–Crippen LogP) is 4.14. The monoisotopic (exact) mass is 397 g/mol. The number of nitrogens with zero attached hydrogens (tertiary/aromatic N) is 1. The van der Waals surface area contributed by atoms with Crippen LogP contribution in [0.4, 0.5) is 15.8 Å². The quantitative estimate of drug-likeness (QED) is 0.657. The summed E-state index contributed by atoms with van der Waals surface area (Å²) in [5, 5.41) is 7.49. The van der Waals surface area contributed by atoms with E-state index < -0.39 is 0 Å². The van der Waals surface area contributed by atoms with Crippen molar-refractivity contribution in [3.8, 4) is 0 Å². The number of nitrogens with one attached hydrogen (secondary N) is 2. The molecular formula is C21H20FN3O2S. The average molecular weight is 397 g/mol. The van der Waals surface area contributed by atoms with Crippen molar-refractivity contribution in [2.45, 2.75) is 6.54 Å². The van der Waals surface area contributed by atoms with Gasteiger partial charge in [-0.3, -0.25) is 9.59 Å². The van der Waals surface area contributed by atoms with Gasteiger partial charge < -0.3 is 15.5 Å². The smallest absolute Gasteiger partial charge is 0.265 e. The Morgan fingerprint density at radius 2 is 1.79 bits per heavy atom. The van der Waals surface area contributed by atoms with E-state index in [2.05, 4.69) is 10.6 Å². The largest absolute Gasteiger partial charge is 0.377 e. The third-order valence-electron chi connectivity index (χ3n) is 4.09. The summed E-state index contributed by atoms with van der Waals surface area (Å²) in [7, 11) is 3.69. The van der Waals surface area contributed by atoms with Crippen LogP contribution in [0.15, 0.2) is 60.0 Å². The van der Waals surface area contributed by atoms with Crippen molar-refractivity contribution in [1.82, 2.24) is 5.32 Å². The number of amides is 2. The third kappa shape index (κ3) is 4.75. The molecule has 0 aliphatic carbocycles. The van der Waals surface area contributed by atoms with Crippen LogP contribution >= 0.6 is 11.3 Å². The van der Waals surface area contributed by atoms with Crippen LogP contribution in [-0.2, 0) is 6.54 Å². The number of thiophene rings is 1. The fourth-order valence-corrected chi connectivity index (χ4v) is 3.28. The molecule has 2 N–H and O–H groups in total. The second kappa shape index (κ2) is 8.67. The zero-order chi connectivity index (χ0) is 20.1. The van der Waals surface area contributed by atoms with Crippen LogP contribution in [0.25, 0.3) is 0 Å². The molecule has 2 amide bonds. The van der Waals surface area contributed by atoms with Crippen molar-refractivity contribution < 1.29 is 14.0 Å². The molecule has 0 aliphatic rings. The first-order valence-corrected chi connectivity index (χ1v) is 9.51. The van der Waals surface area contributed by atoms with E-state index in [0.717, 1.165) is 11.3 Å². The van der Waals surface area contributed by atoms with Crippen LogP contribution in [0.2, 0.25) is 0 Å². The summed E-state index contributed by atoms with van der Waals surface area (Å²) in [5.74, 6) is -0.815. The highest BCUT2D eigenvalue weighted by molar-refractivity contribution is 7.12. The van der Waals surface area contributed by atoms with Gasteiger partial charge in [0, 0.05) is 32.0 Å². The van der Waals surface area contributed by atoms with Crippen molar-refractivity contribution in [1.29, 1.82) is 0 Å². The van der Waals surface area contributed by atoms with Crippen molar-refractivity contribution in [2.75, 3.05) is 24.3 Å². The van der Waals surface area contributed by atoms with E-state index in [9.17, 15) is 14.0 Å². The van der Waals surface area contributed by atoms with Gasteiger partial charge >= 0.3 is 0 Å². The number of anilines is 2. The molecule has 0 saturated heterocycles. The molecule has 0 aliphatic heterocycles. The van der Waals surface area contributed by atoms with Crippen LogP contribution < -0.4 is 15.5 Å². The van der Waals surface area contributed by atoms with Gasteiger partial charge in [-0.05, 0) is 47.3 Å². The predicted molar refractivity (Wildman–Crippen MR) is 111 cm³/mol. The summed E-state index contributed by atoms with van der Waals surface area (Å²) in [5.41, 5.74) is 2.50. The molecule has 0 fully saturated rings. The van der Waals surface area contributed by atoms with Crippen molar-refractivity contribution >= 4 is 34.5 Å². The summed E-state index contributed by atoms with van der Waals surface area (Å²) in [6.45, 7) is 0.276. The Morgan fingerprint density at radius 3 is 2.43 bits per heavy atom. The standard InChI is InChI=1S/C21H20FN3O2S/c1-25(2)18-10-9-16(24-21(27)19-4-3-11-28-19)12-17(18)20(26)23-13-14-5-7-15(22)8-6-14/h3-12H,13H2,1-2H3,(H,23,26)(H,24,27). The summed E-state index contributed by atoms with van der Waals surface area (Å²) in [6, 6.07) is 14.7. The van der Waals surface area contributed by atoms with Crippen LogP contribution in [0.1, 0.15) is 25.6 Å². The van der Waals surface area contributed by atoms with E-state index in [1.54, 1.807) is 36.4 Å². The molecule has 0 bridgehead atoms. The summed E-state index contributed by atoms with van der Waals surface area (Å²) < 4.78 is 13.0. The molecule has 0 unspecified atom stereocenters. The zero-order valence-electron chi connectivity index (χ0n) is 15.5. The van der Waals surface area contributed by atoms with Crippen LogP contribution in [0, 0.1) is 5.82 Å². The Morgan fingerprint density at radius 1 is 1.04 bits per heavy atom. The molecule has 0 saturated carbocycles. The minimum Gasteiger partial charge on any atom is -0.377 e. The van der Waals surface area contributed by atoms with E-state index in [-0.39, 0.29) is 24.2 Å². The maximum Gasteiger partial charge on any atom is 0.265 e. The van der Waals surface area contributed by atoms with E-state index in [1.807, 2.05) is 30.4 Å². The minimum atomic E-state index is -0.320. The van der Waals surface area contributed by atoms with Gasteiger partial charge in [0.1, 0.15) is 5.82 Å². The van der Waals surface area contributed by atoms with Gasteiger partial charge in [-0.2, -0.15) is 0 Å². The number of carbonyl (C=O) groups excluding carboxylic acids is 2. The van der Waals surface area contributed by atoms with Gasteiger partial charge in [-0.15, -0.1) is 11.3 Å². The van der Waals surface area contributed by atoms with Crippen molar-refractivity contribution in [2.24, 2.45) is 0 Å². The zero-order valence-corrected chi connectivity index (χ0v) is 16.3. The van der Waals surface area contributed by atoms with Gasteiger partial charge in [0.05, 0.1) is 10.4 Å². The Kier molecular flexibility index (Phi) is 6.06. The molecule has 2 aromatic carbocycles. The van der Waals surface area contributed by atoms with E-state index in [0.29, 0.717) is 16.1 Å². The Labute approximate surface area is 166 Å². The molecule has 5 nitrogen and oxygen atoms in total. The highest BCUT2D eigenvalue weighted by Crippen LogP contribution is 2.24. The lowest BCUT2D eigenvalue weighted by molar-refractivity contribution is 0.0950. The van der Waals surface area contributed by atoms with Gasteiger partial charge in [-0.1, -0.05) is 18.2 Å². The maximum atomic E-state index is 13.0. The average Bonchev–Trinajstić information content (AvgIpc) is 3.22. The number of halogens is 1. The normalized spacial score (nSPS) is 10.4. The fourth-order valence-electron chi connectivity index (χ4n) is 2.67. The number of carbonyl (C=O) groups is 2. The van der Waals surface area contributed by atoms with Gasteiger partial charge in [0.25, 0.3) is 11.8 Å². The van der Waals surface area contributed by atoms with Gasteiger partial charge in [-0.25, -0.2) is 4.39 Å². The maximum absolute atomic E-state index is 13.0. The van der Waals surface area contributed by atoms with Crippen LogP contribution in [0.5, 0.6) is 0 Å². The molecule has 1 heterocycles. The molecule has 1 aromatic heterocycles. The minimum absolute atomic E-state index is 0.217. The number of rotatable bonds is 6. The Hall–Kier alpha value is -3.19. The third-order valence-corrected chi connectivity index (χ3v) is 4.96. The van der Waals surface area contributed by atoms with Crippen LogP contribution in [-0.4, -0.2) is 25.9 Å². The second-order valence-electron chi connectivity index (χ2n) is 6.37. The molecule has 3 rings (SSSR count). The summed E-state index contributed by atoms with van der Waals surface area (Å²) in [6.07, 6.45) is 0. The fraction of sp³-hybridized carbons (Fsp3) is 0.143. The molecular weight excluding hydrogens is 377 g/mol. The SMILES string of the molecule is CN(C)c1ccc(NC(=O)c2cccs2)cc1C(=O)NCc1ccc(F)cc1. The number of hydrogen-bond acceptors (Lipinski definition) is 4. The molecule has 3 aromatic rings. The van der Waals surface area contributed by atoms with E-state index >= 15 is 0 Å². The summed E-state index contributed by atoms with van der Waals surface area (Å²) >= 11 is 1.35. The van der Waals surface area contributed by atoms with Crippen LogP contribution in [0.3, 0.4) is 0 Å². The summed E-state index contributed by atoms with van der Waals surface area (Å²) in [4.78, 5) is 27.5. The lowest BCUT2D eigenvalue weighted by Crippen LogP contribution is -2.25. The molecule has 7 heteroatoms. The molecule has 0 radical (unpaired) electrons. The highest BCUT2D eigenvalue weighted by Gasteiger charge is 2.15. The lowest BCUT2D eigenvalue weighted by atomic mass is 10.1. The van der Waals surface area contributed by atoms with Crippen molar-refractivity contribution in [3.63, 3.8) is 0 Å². The second-order valence-corrected chi connectivity index (χ2v) is 7.31. The first kappa shape index (κ1) is 19.6. The van der Waals surface area contributed by atoms with Gasteiger partial charge in [0.15, 0.2) is 0 Å². The van der Waals surface area contributed by atoms with E-state index in [4.69, 9.17) is 0 Å². The highest BCUT2D eigenvalue weighted by atomic mass is 32.1. The molecule has 144 valence electrons. The molecule has 0 spiro atoms. The molecule has 0 atom stereocenters. The first-order chi connectivity index (χ1) is 13.4. The first-order valence-electron chi connectivity index (χ1n) is 8.63. The number of hydrogen-bond donors (Lipinski definition) is 2. The topological polar surface area (TPSA) is 61.4 Å². The Balaban J connectivity index is 1.77. The number of benzene rings is 2. The lowest BCUT2D eigenvalue weighted by Gasteiger charge is -2.18. The van der Waals surface area contributed by atoms with Gasteiger partial charge in [0.2, 0.25) is 0 Å². The van der Waals surface area contributed by atoms with E-state index in [1.165, 1.54) is 23.5 Å².